The van der Waals surface area contributed by atoms with Crippen LogP contribution >= 0.6 is 22.7 Å². The average molecular weight is 308 g/mol. The topological polar surface area (TPSA) is 62.2 Å². The molecule has 0 aromatic carbocycles. The van der Waals surface area contributed by atoms with Crippen LogP contribution in [-0.4, -0.2) is 28.1 Å². The fourth-order valence-corrected chi connectivity index (χ4v) is 4.05. The van der Waals surface area contributed by atoms with Crippen LogP contribution in [0, 0.1) is 0 Å². The summed E-state index contributed by atoms with van der Waals surface area (Å²) in [6, 6.07) is 3.96. The number of carbonyl (C=O) groups is 1. The van der Waals surface area contributed by atoms with Gasteiger partial charge in [0.05, 0.1) is 10.5 Å². The first-order valence-corrected chi connectivity index (χ1v) is 8.42. The van der Waals surface area contributed by atoms with Gasteiger partial charge in [0.2, 0.25) is 0 Å². The lowest BCUT2D eigenvalue weighted by Gasteiger charge is -2.21. The number of rotatable bonds is 4. The van der Waals surface area contributed by atoms with E-state index in [0.29, 0.717) is 12.2 Å². The van der Waals surface area contributed by atoms with Crippen molar-refractivity contribution in [1.82, 2.24) is 10.3 Å². The number of aromatic nitrogens is 1. The Bertz CT molecular complexity index is 586. The standard InChI is InChI=1S/C14H16N2O2S2/c17-12(15-9-14(18)5-1-2-6-14)10-8-20-13(16-10)11-4-3-7-19-11/h3-4,7-8,18H,1-2,5-6,9H2,(H,15,17). The first kappa shape index (κ1) is 13.7. The second-order valence-corrected chi connectivity index (χ2v) is 6.94. The summed E-state index contributed by atoms with van der Waals surface area (Å²) in [5.74, 6) is -0.204. The SMILES string of the molecule is O=C(NCC1(O)CCCC1)c1csc(-c2cccs2)n1. The Hall–Kier alpha value is -1.24. The van der Waals surface area contributed by atoms with Crippen molar-refractivity contribution in [3.8, 4) is 9.88 Å². The predicted octanol–water partition coefficient (Wildman–Crippen LogP) is 2.91. The maximum absolute atomic E-state index is 12.1. The van der Waals surface area contributed by atoms with E-state index in [2.05, 4.69) is 10.3 Å². The first-order chi connectivity index (χ1) is 9.66. The van der Waals surface area contributed by atoms with E-state index in [1.807, 2.05) is 17.5 Å². The summed E-state index contributed by atoms with van der Waals surface area (Å²) < 4.78 is 0. The number of carbonyl (C=O) groups excluding carboxylic acids is 1. The second kappa shape index (κ2) is 5.63. The number of thiophene rings is 1. The molecule has 2 N–H and O–H groups in total. The molecule has 1 aliphatic rings. The number of hydrogen-bond acceptors (Lipinski definition) is 5. The van der Waals surface area contributed by atoms with Gasteiger partial charge in [-0.05, 0) is 24.3 Å². The summed E-state index contributed by atoms with van der Waals surface area (Å²) in [6.07, 6.45) is 3.60. The highest BCUT2D eigenvalue weighted by Gasteiger charge is 2.31. The quantitative estimate of drug-likeness (QED) is 0.913. The average Bonchev–Trinajstić information content (AvgIpc) is 3.16. The molecule has 2 heterocycles. The van der Waals surface area contributed by atoms with Crippen molar-refractivity contribution in [2.45, 2.75) is 31.3 Å². The molecule has 0 saturated heterocycles. The zero-order valence-electron chi connectivity index (χ0n) is 11.0. The molecule has 6 heteroatoms. The number of thiazole rings is 1. The highest BCUT2D eigenvalue weighted by molar-refractivity contribution is 7.20. The molecule has 1 saturated carbocycles. The Morgan fingerprint density at radius 3 is 2.90 bits per heavy atom. The van der Waals surface area contributed by atoms with Crippen LogP contribution in [0.3, 0.4) is 0 Å². The molecule has 0 atom stereocenters. The van der Waals surface area contributed by atoms with Gasteiger partial charge in [0.15, 0.2) is 0 Å². The lowest BCUT2D eigenvalue weighted by atomic mass is 10.0. The number of amides is 1. The van der Waals surface area contributed by atoms with E-state index in [9.17, 15) is 9.90 Å². The van der Waals surface area contributed by atoms with Crippen LogP contribution in [0.25, 0.3) is 9.88 Å². The molecule has 20 heavy (non-hydrogen) atoms. The second-order valence-electron chi connectivity index (χ2n) is 5.13. The molecular weight excluding hydrogens is 292 g/mol. The Labute approximate surface area is 125 Å². The molecule has 2 aromatic rings. The Morgan fingerprint density at radius 1 is 1.40 bits per heavy atom. The summed E-state index contributed by atoms with van der Waals surface area (Å²) >= 11 is 3.08. The highest BCUT2D eigenvalue weighted by atomic mass is 32.1. The Morgan fingerprint density at radius 2 is 2.20 bits per heavy atom. The monoisotopic (exact) mass is 308 g/mol. The van der Waals surface area contributed by atoms with E-state index in [1.165, 1.54) is 11.3 Å². The smallest absolute Gasteiger partial charge is 0.270 e. The molecule has 0 radical (unpaired) electrons. The van der Waals surface area contributed by atoms with Crippen LogP contribution in [0.4, 0.5) is 0 Å². The number of nitrogens with zero attached hydrogens (tertiary/aromatic N) is 1. The van der Waals surface area contributed by atoms with Crippen molar-refractivity contribution < 1.29 is 9.90 Å². The fourth-order valence-electron chi connectivity index (χ4n) is 2.44. The Kier molecular flexibility index (Phi) is 3.87. The van der Waals surface area contributed by atoms with Crippen molar-refractivity contribution in [3.63, 3.8) is 0 Å². The lowest BCUT2D eigenvalue weighted by Crippen LogP contribution is -2.40. The third-order valence-corrected chi connectivity index (χ3v) is 5.46. The van der Waals surface area contributed by atoms with Gasteiger partial charge in [-0.2, -0.15) is 0 Å². The van der Waals surface area contributed by atoms with Gasteiger partial charge >= 0.3 is 0 Å². The molecular formula is C14H16N2O2S2. The van der Waals surface area contributed by atoms with Crippen molar-refractivity contribution in [2.24, 2.45) is 0 Å². The van der Waals surface area contributed by atoms with Crippen LogP contribution in [-0.2, 0) is 0 Å². The van der Waals surface area contributed by atoms with Gasteiger partial charge in [0.1, 0.15) is 10.7 Å². The van der Waals surface area contributed by atoms with Gasteiger partial charge in [-0.1, -0.05) is 18.9 Å². The van der Waals surface area contributed by atoms with Gasteiger partial charge < -0.3 is 10.4 Å². The summed E-state index contributed by atoms with van der Waals surface area (Å²) in [5.41, 5.74) is -0.289. The molecule has 3 rings (SSSR count). The van der Waals surface area contributed by atoms with Gasteiger partial charge in [0.25, 0.3) is 5.91 Å². The van der Waals surface area contributed by atoms with E-state index in [0.717, 1.165) is 35.6 Å². The maximum atomic E-state index is 12.1. The minimum Gasteiger partial charge on any atom is -0.388 e. The van der Waals surface area contributed by atoms with E-state index in [-0.39, 0.29) is 5.91 Å². The third kappa shape index (κ3) is 2.92. The van der Waals surface area contributed by atoms with Gasteiger partial charge in [-0.25, -0.2) is 4.98 Å². The molecule has 2 aromatic heterocycles. The van der Waals surface area contributed by atoms with Gasteiger partial charge in [-0.15, -0.1) is 22.7 Å². The van der Waals surface area contributed by atoms with E-state index in [1.54, 1.807) is 16.7 Å². The molecule has 0 bridgehead atoms. The number of nitrogens with one attached hydrogen (secondary N) is 1. The minimum absolute atomic E-state index is 0.204. The predicted molar refractivity (Wildman–Crippen MR) is 81.2 cm³/mol. The molecule has 106 valence electrons. The molecule has 1 fully saturated rings. The molecule has 0 unspecified atom stereocenters. The van der Waals surface area contributed by atoms with Gasteiger partial charge in [-0.3, -0.25) is 4.79 Å². The number of aliphatic hydroxyl groups is 1. The van der Waals surface area contributed by atoms with Crippen molar-refractivity contribution in [3.05, 3.63) is 28.6 Å². The highest BCUT2D eigenvalue weighted by Crippen LogP contribution is 2.29. The zero-order chi connectivity index (χ0) is 14.0. The maximum Gasteiger partial charge on any atom is 0.270 e. The summed E-state index contributed by atoms with van der Waals surface area (Å²) in [7, 11) is 0. The normalized spacial score (nSPS) is 17.2. The molecule has 1 amide bonds. The van der Waals surface area contributed by atoms with Crippen LogP contribution in [0.1, 0.15) is 36.2 Å². The van der Waals surface area contributed by atoms with Crippen molar-refractivity contribution in [1.29, 1.82) is 0 Å². The molecule has 0 aliphatic heterocycles. The van der Waals surface area contributed by atoms with Crippen LogP contribution in [0.15, 0.2) is 22.9 Å². The molecule has 0 spiro atoms. The Balaban J connectivity index is 1.63. The lowest BCUT2D eigenvalue weighted by molar-refractivity contribution is 0.0449. The van der Waals surface area contributed by atoms with E-state index < -0.39 is 5.60 Å². The summed E-state index contributed by atoms with van der Waals surface area (Å²) in [5, 5.41) is 17.6. The van der Waals surface area contributed by atoms with Crippen molar-refractivity contribution >= 4 is 28.6 Å². The molecule has 4 nitrogen and oxygen atoms in total. The largest absolute Gasteiger partial charge is 0.388 e. The van der Waals surface area contributed by atoms with Gasteiger partial charge in [0, 0.05) is 11.9 Å². The van der Waals surface area contributed by atoms with E-state index >= 15 is 0 Å². The minimum atomic E-state index is -0.720. The van der Waals surface area contributed by atoms with Crippen LogP contribution in [0.2, 0.25) is 0 Å². The third-order valence-electron chi connectivity index (χ3n) is 3.58. The summed E-state index contributed by atoms with van der Waals surface area (Å²) in [6.45, 7) is 0.317. The zero-order valence-corrected chi connectivity index (χ0v) is 12.6. The van der Waals surface area contributed by atoms with Crippen LogP contribution in [0.5, 0.6) is 0 Å². The van der Waals surface area contributed by atoms with E-state index in [4.69, 9.17) is 0 Å². The first-order valence-electron chi connectivity index (χ1n) is 6.66. The van der Waals surface area contributed by atoms with Crippen LogP contribution < -0.4 is 5.32 Å². The molecule has 1 aliphatic carbocycles. The van der Waals surface area contributed by atoms with Crippen molar-refractivity contribution in [2.75, 3.05) is 6.54 Å². The fraction of sp³-hybridized carbons (Fsp3) is 0.429. The summed E-state index contributed by atoms with van der Waals surface area (Å²) in [4.78, 5) is 17.5. The number of hydrogen-bond donors (Lipinski definition) is 2.